The Morgan fingerprint density at radius 3 is 2.47 bits per heavy atom. The van der Waals surface area contributed by atoms with Crippen molar-refractivity contribution in [3.05, 3.63) is 64.4 Å². The molecule has 0 unspecified atom stereocenters. The Bertz CT molecular complexity index is 1270. The van der Waals surface area contributed by atoms with Gasteiger partial charge in [0.1, 0.15) is 5.52 Å². The number of esters is 1. The van der Waals surface area contributed by atoms with Gasteiger partial charge in [-0.15, -0.1) is 5.10 Å². The second kappa shape index (κ2) is 9.58. The molecular weight excluding hydrogens is 432 g/mol. The van der Waals surface area contributed by atoms with E-state index in [4.69, 9.17) is 4.74 Å². The number of nitrogens with zero attached hydrogens (tertiary/aromatic N) is 4. The van der Waals surface area contributed by atoms with Gasteiger partial charge in [0.15, 0.2) is 6.73 Å². The van der Waals surface area contributed by atoms with E-state index in [0.29, 0.717) is 30.4 Å². The first-order valence-electron chi connectivity index (χ1n) is 10.5. The van der Waals surface area contributed by atoms with Gasteiger partial charge in [0, 0.05) is 19.5 Å². The number of benzene rings is 2. The number of fused-ring (bicyclic) bond motifs is 1. The maximum atomic E-state index is 12.7. The van der Waals surface area contributed by atoms with Crippen LogP contribution in [0.5, 0.6) is 0 Å². The van der Waals surface area contributed by atoms with Gasteiger partial charge in [-0.05, 0) is 49.1 Å². The van der Waals surface area contributed by atoms with Crippen LogP contribution in [-0.2, 0) is 32.7 Å². The Kier molecular flexibility index (Phi) is 6.61. The number of sulfonamides is 1. The fourth-order valence-electron chi connectivity index (χ4n) is 3.64. The van der Waals surface area contributed by atoms with E-state index in [9.17, 15) is 18.0 Å². The Labute approximate surface area is 185 Å². The van der Waals surface area contributed by atoms with Crippen molar-refractivity contribution < 1.29 is 17.9 Å². The van der Waals surface area contributed by atoms with Gasteiger partial charge in [-0.3, -0.25) is 9.59 Å². The molecule has 1 fully saturated rings. The minimum absolute atomic E-state index is 0.0913. The highest BCUT2D eigenvalue weighted by Gasteiger charge is 2.25. The van der Waals surface area contributed by atoms with E-state index < -0.39 is 16.0 Å². The third-order valence-corrected chi connectivity index (χ3v) is 7.38. The molecule has 10 heteroatoms. The molecule has 1 aliphatic rings. The van der Waals surface area contributed by atoms with Gasteiger partial charge in [-0.2, -0.15) is 8.99 Å². The number of piperidine rings is 1. The molecule has 4 rings (SSSR count). The van der Waals surface area contributed by atoms with Crippen LogP contribution in [0.1, 0.15) is 31.2 Å². The highest BCUT2D eigenvalue weighted by molar-refractivity contribution is 7.89. The number of hydrogen-bond acceptors (Lipinski definition) is 7. The predicted molar refractivity (Wildman–Crippen MR) is 117 cm³/mol. The van der Waals surface area contributed by atoms with Crippen molar-refractivity contribution in [3.8, 4) is 0 Å². The molecule has 0 atom stereocenters. The Morgan fingerprint density at radius 2 is 1.72 bits per heavy atom. The maximum Gasteiger partial charge on any atom is 0.307 e. The van der Waals surface area contributed by atoms with E-state index in [0.717, 1.165) is 29.5 Å². The molecule has 0 spiro atoms. The Morgan fingerprint density at radius 1 is 1.00 bits per heavy atom. The largest absolute Gasteiger partial charge is 0.442 e. The molecule has 1 aliphatic heterocycles. The summed E-state index contributed by atoms with van der Waals surface area (Å²) in [5, 5.41) is 8.13. The van der Waals surface area contributed by atoms with Gasteiger partial charge < -0.3 is 4.74 Å². The van der Waals surface area contributed by atoms with E-state index in [1.165, 1.54) is 4.31 Å². The molecular formula is C22H24N4O5S. The third-order valence-electron chi connectivity index (χ3n) is 5.47. The van der Waals surface area contributed by atoms with Gasteiger partial charge in [0.2, 0.25) is 10.0 Å². The molecule has 0 radical (unpaired) electrons. The molecule has 1 aromatic heterocycles. The maximum absolute atomic E-state index is 12.7. The van der Waals surface area contributed by atoms with Crippen LogP contribution in [0.25, 0.3) is 10.9 Å². The fraction of sp³-hybridized carbons (Fsp3) is 0.364. The van der Waals surface area contributed by atoms with Crippen molar-refractivity contribution in [3.63, 3.8) is 0 Å². The number of rotatable bonds is 7. The predicted octanol–water partition coefficient (Wildman–Crippen LogP) is 2.10. The zero-order valence-electron chi connectivity index (χ0n) is 17.5. The molecule has 32 heavy (non-hydrogen) atoms. The zero-order valence-corrected chi connectivity index (χ0v) is 18.3. The second-order valence-corrected chi connectivity index (χ2v) is 9.60. The van der Waals surface area contributed by atoms with E-state index in [1.54, 1.807) is 48.5 Å². The van der Waals surface area contributed by atoms with Gasteiger partial charge in [0.05, 0.1) is 10.3 Å². The van der Waals surface area contributed by atoms with Crippen LogP contribution in [0, 0.1) is 0 Å². The molecule has 1 saturated heterocycles. The van der Waals surface area contributed by atoms with Gasteiger partial charge in [0.25, 0.3) is 5.56 Å². The first-order chi connectivity index (χ1) is 15.4. The van der Waals surface area contributed by atoms with Crippen LogP contribution in [0.4, 0.5) is 0 Å². The minimum Gasteiger partial charge on any atom is -0.442 e. The topological polar surface area (TPSA) is 111 Å². The molecule has 2 aromatic carbocycles. The molecule has 0 bridgehead atoms. The van der Waals surface area contributed by atoms with Gasteiger partial charge >= 0.3 is 5.97 Å². The molecule has 0 saturated carbocycles. The summed E-state index contributed by atoms with van der Waals surface area (Å²) in [5.41, 5.74) is 0.918. The van der Waals surface area contributed by atoms with Crippen LogP contribution in [-0.4, -0.2) is 46.8 Å². The van der Waals surface area contributed by atoms with Crippen LogP contribution >= 0.6 is 0 Å². The summed E-state index contributed by atoms with van der Waals surface area (Å²) in [6.07, 6.45) is 3.31. The van der Waals surface area contributed by atoms with Crippen molar-refractivity contribution in [2.45, 2.75) is 43.7 Å². The molecule has 9 nitrogen and oxygen atoms in total. The summed E-state index contributed by atoms with van der Waals surface area (Å²) in [5.74, 6) is -0.489. The van der Waals surface area contributed by atoms with E-state index >= 15 is 0 Å². The third kappa shape index (κ3) is 4.86. The monoisotopic (exact) mass is 456 g/mol. The van der Waals surface area contributed by atoms with Crippen molar-refractivity contribution in [1.82, 2.24) is 19.3 Å². The summed E-state index contributed by atoms with van der Waals surface area (Å²) in [6, 6.07) is 13.4. The number of aromatic nitrogens is 3. The lowest BCUT2D eigenvalue weighted by Gasteiger charge is -2.25. The molecule has 0 amide bonds. The number of carbonyl (C=O) groups is 1. The van der Waals surface area contributed by atoms with Crippen molar-refractivity contribution >= 4 is 26.9 Å². The van der Waals surface area contributed by atoms with E-state index in [2.05, 4.69) is 10.3 Å². The van der Waals surface area contributed by atoms with E-state index in [-0.39, 0.29) is 23.6 Å². The van der Waals surface area contributed by atoms with Crippen LogP contribution in [0.15, 0.2) is 58.2 Å². The summed E-state index contributed by atoms with van der Waals surface area (Å²) >= 11 is 0. The summed E-state index contributed by atoms with van der Waals surface area (Å²) < 4.78 is 33.1. The molecule has 168 valence electrons. The molecule has 3 aromatic rings. The average molecular weight is 457 g/mol. The molecule has 2 heterocycles. The van der Waals surface area contributed by atoms with E-state index in [1.807, 2.05) is 0 Å². The van der Waals surface area contributed by atoms with Gasteiger partial charge in [-0.25, -0.2) is 8.42 Å². The molecule has 0 N–H and O–H groups in total. The van der Waals surface area contributed by atoms with Crippen molar-refractivity contribution in [1.29, 1.82) is 0 Å². The van der Waals surface area contributed by atoms with Crippen molar-refractivity contribution in [2.75, 3.05) is 13.1 Å². The summed E-state index contributed by atoms with van der Waals surface area (Å²) in [7, 11) is -3.47. The van der Waals surface area contributed by atoms with Crippen LogP contribution in [0.3, 0.4) is 0 Å². The number of hydrogen-bond donors (Lipinski definition) is 0. The van der Waals surface area contributed by atoms with Gasteiger partial charge in [-0.1, -0.05) is 35.9 Å². The highest BCUT2D eigenvalue weighted by atomic mass is 32.2. The van der Waals surface area contributed by atoms with Crippen LogP contribution < -0.4 is 5.56 Å². The van der Waals surface area contributed by atoms with Crippen LogP contribution in [0.2, 0.25) is 0 Å². The lowest BCUT2D eigenvalue weighted by molar-refractivity contribution is -0.148. The lowest BCUT2D eigenvalue weighted by Crippen LogP contribution is -2.35. The lowest BCUT2D eigenvalue weighted by atomic mass is 10.1. The number of ether oxygens (including phenoxy) is 1. The smallest absolute Gasteiger partial charge is 0.307 e. The number of carbonyl (C=O) groups excluding carboxylic acids is 1. The average Bonchev–Trinajstić information content (AvgIpc) is 2.83. The fourth-order valence-corrected chi connectivity index (χ4v) is 5.16. The Balaban J connectivity index is 1.31. The summed E-state index contributed by atoms with van der Waals surface area (Å²) in [6.45, 7) is 0.795. The summed E-state index contributed by atoms with van der Waals surface area (Å²) in [4.78, 5) is 24.7. The quantitative estimate of drug-likeness (QED) is 0.501. The molecule has 0 aliphatic carbocycles. The first-order valence-corrected chi connectivity index (χ1v) is 12.0. The minimum atomic E-state index is -3.47. The first kappa shape index (κ1) is 22.1. The highest BCUT2D eigenvalue weighted by Crippen LogP contribution is 2.21. The number of aryl methyl sites for hydroxylation is 1. The Hall–Kier alpha value is -3.11. The van der Waals surface area contributed by atoms with Crippen molar-refractivity contribution in [2.24, 2.45) is 0 Å². The zero-order chi connectivity index (χ0) is 22.6. The standard InChI is InChI=1S/C22H24N4O5S/c27-21(31-16-26-22(28)19-6-2-3-7-20(19)23-24-26)13-10-17-8-11-18(12-9-17)32(29,30)25-14-4-1-5-15-25/h2-3,6-9,11-12H,1,4-5,10,13-16H2. The second-order valence-electron chi connectivity index (χ2n) is 7.67. The SMILES string of the molecule is O=C(CCc1ccc(S(=O)(=O)N2CCCCC2)cc1)OCn1nnc2ccccc2c1=O. The normalized spacial score (nSPS) is 15.0.